The van der Waals surface area contributed by atoms with Crippen LogP contribution in [-0.2, 0) is 11.4 Å². The number of piperazine rings is 1. The molecule has 34 heavy (non-hydrogen) atoms. The first-order chi connectivity index (χ1) is 16.5. The van der Waals surface area contributed by atoms with E-state index in [0.717, 1.165) is 42.5 Å². The first-order valence-corrected chi connectivity index (χ1v) is 11.4. The lowest BCUT2D eigenvalue weighted by atomic mass is 10.1. The fraction of sp³-hybridized carbons (Fsp3) is 0.259. The number of nitrogens with one attached hydrogen (secondary N) is 1. The van der Waals surface area contributed by atoms with Gasteiger partial charge in [0.05, 0.1) is 11.9 Å². The van der Waals surface area contributed by atoms with Gasteiger partial charge in [-0.05, 0) is 36.9 Å². The average Bonchev–Trinajstić information content (AvgIpc) is 2.85. The predicted molar refractivity (Wildman–Crippen MR) is 133 cm³/mol. The largest absolute Gasteiger partial charge is 0.489 e. The highest BCUT2D eigenvalue weighted by atomic mass is 16.5. The Hall–Kier alpha value is -3.68. The van der Waals surface area contributed by atoms with Crippen LogP contribution in [0.1, 0.15) is 5.56 Å². The molecule has 0 aliphatic carbocycles. The molecular weight excluding hydrogens is 430 g/mol. The summed E-state index contributed by atoms with van der Waals surface area (Å²) in [6, 6.07) is 20.8. The SMILES string of the molecule is CN1CCN(CC(=O)Nc2ccc3c(c2)c(=O)oc2cc(OCc4ccccc4)ccc23)CC1. The van der Waals surface area contributed by atoms with Crippen LogP contribution >= 0.6 is 0 Å². The minimum atomic E-state index is -0.446. The molecule has 0 bridgehead atoms. The lowest BCUT2D eigenvalue weighted by Gasteiger charge is -2.31. The van der Waals surface area contributed by atoms with Crippen molar-refractivity contribution in [3.05, 3.63) is 82.7 Å². The van der Waals surface area contributed by atoms with E-state index < -0.39 is 5.63 Å². The molecule has 7 nitrogen and oxygen atoms in total. The molecule has 0 unspecified atom stereocenters. The Bertz CT molecular complexity index is 1380. The summed E-state index contributed by atoms with van der Waals surface area (Å²) in [4.78, 5) is 29.6. The van der Waals surface area contributed by atoms with Crippen molar-refractivity contribution >= 4 is 33.3 Å². The van der Waals surface area contributed by atoms with Gasteiger partial charge in [0, 0.05) is 48.7 Å². The Labute approximate surface area is 197 Å². The van der Waals surface area contributed by atoms with E-state index in [1.54, 1.807) is 12.1 Å². The highest BCUT2D eigenvalue weighted by Gasteiger charge is 2.17. The van der Waals surface area contributed by atoms with E-state index in [2.05, 4.69) is 22.2 Å². The number of carbonyl (C=O) groups is 1. The summed E-state index contributed by atoms with van der Waals surface area (Å²) in [6.07, 6.45) is 0. The molecule has 1 aliphatic heterocycles. The molecule has 1 aliphatic rings. The number of anilines is 1. The van der Waals surface area contributed by atoms with Crippen LogP contribution in [0.4, 0.5) is 5.69 Å². The van der Waals surface area contributed by atoms with Crippen LogP contribution in [0.5, 0.6) is 5.75 Å². The number of likely N-dealkylation sites (N-methyl/N-ethyl adjacent to an activating group) is 1. The van der Waals surface area contributed by atoms with Crippen molar-refractivity contribution in [1.82, 2.24) is 9.80 Å². The molecule has 0 spiro atoms. The first kappa shape index (κ1) is 22.1. The van der Waals surface area contributed by atoms with Crippen LogP contribution in [0.2, 0.25) is 0 Å². The molecule has 0 radical (unpaired) electrons. The lowest BCUT2D eigenvalue weighted by molar-refractivity contribution is -0.117. The van der Waals surface area contributed by atoms with Crippen LogP contribution in [0.25, 0.3) is 21.7 Å². The zero-order valence-electron chi connectivity index (χ0n) is 19.1. The van der Waals surface area contributed by atoms with Gasteiger partial charge in [0.25, 0.3) is 0 Å². The Morgan fingerprint density at radius 2 is 1.71 bits per heavy atom. The van der Waals surface area contributed by atoms with Crippen molar-refractivity contribution in [3.63, 3.8) is 0 Å². The molecule has 1 saturated heterocycles. The minimum Gasteiger partial charge on any atom is -0.489 e. The molecular formula is C27H27N3O4. The maximum absolute atomic E-state index is 12.7. The Morgan fingerprint density at radius 3 is 2.50 bits per heavy atom. The number of carbonyl (C=O) groups excluding carboxylic acids is 1. The van der Waals surface area contributed by atoms with Crippen molar-refractivity contribution in [2.24, 2.45) is 0 Å². The summed E-state index contributed by atoms with van der Waals surface area (Å²) in [5.74, 6) is 0.543. The summed E-state index contributed by atoms with van der Waals surface area (Å²) in [6.45, 7) is 4.42. The summed E-state index contributed by atoms with van der Waals surface area (Å²) in [5.41, 5.74) is 1.67. The third kappa shape index (κ3) is 4.95. The van der Waals surface area contributed by atoms with Gasteiger partial charge in [-0.3, -0.25) is 9.69 Å². The topological polar surface area (TPSA) is 75.0 Å². The molecule has 1 N–H and O–H groups in total. The van der Waals surface area contributed by atoms with Gasteiger partial charge in [-0.2, -0.15) is 0 Å². The van der Waals surface area contributed by atoms with Crippen LogP contribution in [0.15, 0.2) is 75.9 Å². The monoisotopic (exact) mass is 457 g/mol. The predicted octanol–water partition coefficient (Wildman–Crippen LogP) is 3.71. The maximum atomic E-state index is 12.7. The number of amides is 1. The van der Waals surface area contributed by atoms with E-state index >= 15 is 0 Å². The lowest BCUT2D eigenvalue weighted by Crippen LogP contribution is -2.47. The Balaban J connectivity index is 1.33. The van der Waals surface area contributed by atoms with Gasteiger partial charge < -0.3 is 19.4 Å². The van der Waals surface area contributed by atoms with E-state index in [0.29, 0.717) is 35.6 Å². The van der Waals surface area contributed by atoms with Crippen molar-refractivity contribution in [2.75, 3.05) is 45.1 Å². The van der Waals surface area contributed by atoms with Crippen molar-refractivity contribution in [2.45, 2.75) is 6.61 Å². The van der Waals surface area contributed by atoms with E-state index in [-0.39, 0.29) is 5.91 Å². The van der Waals surface area contributed by atoms with E-state index in [1.165, 1.54) is 0 Å². The number of fused-ring (bicyclic) bond motifs is 3. The quantitative estimate of drug-likeness (QED) is 0.351. The third-order valence-corrected chi connectivity index (χ3v) is 6.18. The molecule has 0 saturated carbocycles. The molecule has 3 aromatic carbocycles. The number of nitrogens with zero attached hydrogens (tertiary/aromatic N) is 2. The molecule has 5 rings (SSSR count). The second-order valence-electron chi connectivity index (χ2n) is 8.71. The smallest absolute Gasteiger partial charge is 0.344 e. The van der Waals surface area contributed by atoms with Gasteiger partial charge in [-0.1, -0.05) is 36.4 Å². The molecule has 2 heterocycles. The second-order valence-corrected chi connectivity index (χ2v) is 8.71. The van der Waals surface area contributed by atoms with Gasteiger partial charge >= 0.3 is 5.63 Å². The molecule has 1 fully saturated rings. The first-order valence-electron chi connectivity index (χ1n) is 11.4. The third-order valence-electron chi connectivity index (χ3n) is 6.18. The highest BCUT2D eigenvalue weighted by molar-refractivity contribution is 6.06. The molecule has 7 heteroatoms. The van der Waals surface area contributed by atoms with Crippen molar-refractivity contribution < 1.29 is 13.9 Å². The van der Waals surface area contributed by atoms with Gasteiger partial charge in [0.1, 0.15) is 17.9 Å². The van der Waals surface area contributed by atoms with Gasteiger partial charge in [-0.15, -0.1) is 0 Å². The van der Waals surface area contributed by atoms with Crippen molar-refractivity contribution in [1.29, 1.82) is 0 Å². The maximum Gasteiger partial charge on any atom is 0.344 e. The molecule has 1 aromatic heterocycles. The summed E-state index contributed by atoms with van der Waals surface area (Å²) in [7, 11) is 2.08. The number of hydrogen-bond acceptors (Lipinski definition) is 6. The van der Waals surface area contributed by atoms with Crippen LogP contribution < -0.4 is 15.7 Å². The standard InChI is InChI=1S/C27H27N3O4/c1-29-11-13-30(14-12-29)17-26(31)28-20-7-9-22-23-10-8-21(33-18-19-5-3-2-4-6-19)16-25(23)34-27(32)24(22)15-20/h2-10,15-16H,11-14,17-18H2,1H3,(H,28,31). The summed E-state index contributed by atoms with van der Waals surface area (Å²) in [5, 5.41) is 4.94. The van der Waals surface area contributed by atoms with Crippen molar-refractivity contribution in [3.8, 4) is 5.75 Å². The molecule has 0 atom stereocenters. The number of benzene rings is 3. The second kappa shape index (κ2) is 9.67. The Kier molecular flexibility index (Phi) is 6.29. The van der Waals surface area contributed by atoms with Gasteiger partial charge in [0.2, 0.25) is 5.91 Å². The molecule has 1 amide bonds. The Morgan fingerprint density at radius 1 is 0.941 bits per heavy atom. The highest BCUT2D eigenvalue weighted by Crippen LogP contribution is 2.28. The van der Waals surface area contributed by atoms with E-state index in [1.807, 2.05) is 54.6 Å². The van der Waals surface area contributed by atoms with E-state index in [9.17, 15) is 9.59 Å². The number of rotatable bonds is 6. The van der Waals surface area contributed by atoms with Gasteiger partial charge in [0.15, 0.2) is 0 Å². The molecule has 4 aromatic rings. The van der Waals surface area contributed by atoms with Gasteiger partial charge in [-0.25, -0.2) is 4.79 Å². The zero-order chi connectivity index (χ0) is 23.5. The normalized spacial score (nSPS) is 15.0. The molecule has 174 valence electrons. The fourth-order valence-electron chi connectivity index (χ4n) is 4.23. The number of hydrogen-bond donors (Lipinski definition) is 1. The number of ether oxygens (including phenoxy) is 1. The summed E-state index contributed by atoms with van der Waals surface area (Å²) < 4.78 is 11.5. The van der Waals surface area contributed by atoms with Crippen LogP contribution in [0, 0.1) is 0 Å². The van der Waals surface area contributed by atoms with E-state index in [4.69, 9.17) is 9.15 Å². The van der Waals surface area contributed by atoms with Crippen LogP contribution in [-0.4, -0.2) is 55.5 Å². The average molecular weight is 458 g/mol. The minimum absolute atomic E-state index is 0.0886. The zero-order valence-corrected chi connectivity index (χ0v) is 19.1. The fourth-order valence-corrected chi connectivity index (χ4v) is 4.23. The summed E-state index contributed by atoms with van der Waals surface area (Å²) >= 11 is 0. The van der Waals surface area contributed by atoms with Crippen LogP contribution in [0.3, 0.4) is 0 Å².